The maximum atomic E-state index is 2.47. The van der Waals surface area contributed by atoms with Gasteiger partial charge in [-0.2, -0.15) is 0 Å². The molecule has 49 heavy (non-hydrogen) atoms. The fourth-order valence-electron chi connectivity index (χ4n) is 10.1. The van der Waals surface area contributed by atoms with Gasteiger partial charge in [-0.25, -0.2) is 0 Å². The monoisotopic (exact) mass is 652 g/mol. The minimum absolute atomic E-state index is 0.399. The van der Waals surface area contributed by atoms with Gasteiger partial charge in [-0.05, 0) is 140 Å². The predicted octanol–water partition coefficient (Wildman–Crippen LogP) is 13.5. The van der Waals surface area contributed by atoms with Crippen molar-refractivity contribution in [3.05, 3.63) is 157 Å². The number of benzene rings is 6. The lowest BCUT2D eigenvalue weighted by molar-refractivity contribution is -0.00518. The summed E-state index contributed by atoms with van der Waals surface area (Å²) in [6.45, 7) is 0. The summed E-state index contributed by atoms with van der Waals surface area (Å²) >= 11 is 1.87. The summed E-state index contributed by atoms with van der Waals surface area (Å²) in [6.07, 6.45) is 8.62. The Labute approximate surface area is 293 Å². The Hall–Kier alpha value is -4.86. The van der Waals surface area contributed by atoms with Crippen LogP contribution < -0.4 is 9.80 Å². The van der Waals surface area contributed by atoms with Crippen LogP contribution in [-0.4, -0.2) is 0 Å². The van der Waals surface area contributed by atoms with Gasteiger partial charge in [0.15, 0.2) is 0 Å². The van der Waals surface area contributed by atoms with Gasteiger partial charge in [0.2, 0.25) is 0 Å². The molecule has 0 N–H and O–H groups in total. The molecule has 0 aliphatic heterocycles. The van der Waals surface area contributed by atoms with Crippen molar-refractivity contribution in [3.8, 4) is 0 Å². The molecule has 4 fully saturated rings. The van der Waals surface area contributed by atoms with Crippen molar-refractivity contribution in [3.63, 3.8) is 0 Å². The molecule has 0 unspecified atom stereocenters. The van der Waals surface area contributed by atoms with E-state index in [4.69, 9.17) is 0 Å². The van der Waals surface area contributed by atoms with Crippen molar-refractivity contribution in [1.29, 1.82) is 0 Å². The summed E-state index contributed by atoms with van der Waals surface area (Å²) in [5, 5.41) is 2.65. The molecule has 0 spiro atoms. The summed E-state index contributed by atoms with van der Waals surface area (Å²) < 4.78 is 2.64. The number of para-hydroxylation sites is 2. The third kappa shape index (κ3) is 5.06. The predicted molar refractivity (Wildman–Crippen MR) is 209 cm³/mol. The average molecular weight is 653 g/mol. The normalized spacial score (nSPS) is 22.5. The topological polar surface area (TPSA) is 6.48 Å². The van der Waals surface area contributed by atoms with E-state index in [9.17, 15) is 0 Å². The molecular weight excluding hydrogens is 613 g/mol. The molecule has 6 aromatic carbocycles. The molecule has 240 valence electrons. The van der Waals surface area contributed by atoms with Crippen LogP contribution in [0.3, 0.4) is 0 Å². The Balaban J connectivity index is 1.06. The van der Waals surface area contributed by atoms with Crippen molar-refractivity contribution >= 4 is 65.6 Å². The molecule has 4 aliphatic rings. The number of fused-ring (bicyclic) bond motifs is 3. The minimum atomic E-state index is 0.399. The second-order valence-electron chi connectivity index (χ2n) is 14.9. The van der Waals surface area contributed by atoms with E-state index in [-0.39, 0.29) is 0 Å². The maximum absolute atomic E-state index is 2.47. The highest BCUT2D eigenvalue weighted by Crippen LogP contribution is 2.61. The fourth-order valence-corrected chi connectivity index (χ4v) is 11.2. The molecule has 1 aromatic heterocycles. The van der Waals surface area contributed by atoms with Crippen molar-refractivity contribution in [2.75, 3.05) is 9.80 Å². The molecule has 7 aromatic rings. The van der Waals surface area contributed by atoms with Crippen molar-refractivity contribution in [1.82, 2.24) is 0 Å². The van der Waals surface area contributed by atoms with Gasteiger partial charge in [0.05, 0.1) is 0 Å². The summed E-state index contributed by atoms with van der Waals surface area (Å²) in [6, 6.07) is 56.1. The van der Waals surface area contributed by atoms with Crippen LogP contribution >= 0.6 is 11.3 Å². The zero-order chi connectivity index (χ0) is 32.4. The van der Waals surface area contributed by atoms with Crippen LogP contribution in [0.25, 0.3) is 20.2 Å². The van der Waals surface area contributed by atoms with Gasteiger partial charge in [0, 0.05) is 54.3 Å². The Morgan fingerprint density at radius 3 is 1.51 bits per heavy atom. The standard InChI is InChI=1S/C46H40N2S/c1-3-10-36(11-4-1)47(38-20-18-35(19-21-38)46-29-32-24-33(30-46)26-34(25-32)31-46)39-14-9-15-40(27-39)48(37-12-5-2-6-13-37)41-22-23-43-42-16-7-8-17-44(42)49-45(43)28-41/h1-23,27-28,32-34H,24-26,29-31H2. The Bertz CT molecular complexity index is 2240. The minimum Gasteiger partial charge on any atom is -0.310 e. The molecule has 4 bridgehead atoms. The Kier molecular flexibility index (Phi) is 6.91. The lowest BCUT2D eigenvalue weighted by Gasteiger charge is -2.57. The first-order chi connectivity index (χ1) is 24.2. The third-order valence-corrected chi connectivity index (χ3v) is 12.9. The second-order valence-corrected chi connectivity index (χ2v) is 16.0. The Morgan fingerprint density at radius 2 is 0.878 bits per heavy atom. The quantitative estimate of drug-likeness (QED) is 0.169. The maximum Gasteiger partial charge on any atom is 0.0482 e. The van der Waals surface area contributed by atoms with Gasteiger partial charge in [-0.3, -0.25) is 0 Å². The van der Waals surface area contributed by atoms with Crippen LogP contribution in [0.2, 0.25) is 0 Å². The van der Waals surface area contributed by atoms with E-state index in [0.717, 1.165) is 40.5 Å². The van der Waals surface area contributed by atoms with Gasteiger partial charge in [-0.15, -0.1) is 11.3 Å². The summed E-state index contributed by atoms with van der Waals surface area (Å²) in [5.74, 6) is 2.84. The molecule has 0 saturated heterocycles. The molecule has 0 atom stereocenters. The fraction of sp³-hybridized carbons (Fsp3) is 0.217. The summed E-state index contributed by atoms with van der Waals surface area (Å²) in [4.78, 5) is 4.82. The molecule has 4 saturated carbocycles. The first-order valence-corrected chi connectivity index (χ1v) is 18.8. The van der Waals surface area contributed by atoms with E-state index in [1.54, 1.807) is 5.56 Å². The largest absolute Gasteiger partial charge is 0.310 e. The first kappa shape index (κ1) is 29.1. The van der Waals surface area contributed by atoms with Crippen molar-refractivity contribution in [2.45, 2.75) is 43.9 Å². The average Bonchev–Trinajstić information content (AvgIpc) is 3.51. The van der Waals surface area contributed by atoms with Crippen molar-refractivity contribution < 1.29 is 0 Å². The number of nitrogens with zero attached hydrogens (tertiary/aromatic N) is 2. The molecular formula is C46H40N2S. The highest BCUT2D eigenvalue weighted by Gasteiger charge is 2.51. The van der Waals surface area contributed by atoms with Crippen LogP contribution in [0.4, 0.5) is 34.1 Å². The first-order valence-electron chi connectivity index (χ1n) is 18.0. The smallest absolute Gasteiger partial charge is 0.0482 e. The molecule has 0 radical (unpaired) electrons. The summed E-state index contributed by atoms with van der Waals surface area (Å²) in [7, 11) is 0. The lowest BCUT2D eigenvalue weighted by Crippen LogP contribution is -2.48. The number of hydrogen-bond acceptors (Lipinski definition) is 3. The lowest BCUT2D eigenvalue weighted by atomic mass is 9.48. The zero-order valence-electron chi connectivity index (χ0n) is 27.7. The molecule has 0 amide bonds. The van der Waals surface area contributed by atoms with Crippen LogP contribution in [0, 0.1) is 17.8 Å². The van der Waals surface area contributed by atoms with E-state index in [2.05, 4.69) is 161 Å². The second kappa shape index (κ2) is 11.6. The Morgan fingerprint density at radius 1 is 0.408 bits per heavy atom. The van der Waals surface area contributed by atoms with Crippen LogP contribution in [0.1, 0.15) is 44.1 Å². The molecule has 3 heteroatoms. The number of anilines is 6. The van der Waals surface area contributed by atoms with Gasteiger partial charge < -0.3 is 9.80 Å². The summed E-state index contributed by atoms with van der Waals surface area (Å²) in [5.41, 5.74) is 8.93. The molecule has 4 aliphatic carbocycles. The number of hydrogen-bond donors (Lipinski definition) is 0. The van der Waals surface area contributed by atoms with Crippen LogP contribution in [0.15, 0.2) is 152 Å². The highest BCUT2D eigenvalue weighted by molar-refractivity contribution is 7.25. The SMILES string of the molecule is c1ccc(N(c2ccc(C34CC5CC(CC(C5)C3)C4)cc2)c2cccc(N(c3ccccc3)c3ccc4c(c3)sc3ccccc34)c2)cc1. The third-order valence-electron chi connectivity index (χ3n) is 11.8. The highest BCUT2D eigenvalue weighted by atomic mass is 32.1. The van der Waals surface area contributed by atoms with E-state index in [0.29, 0.717) is 5.41 Å². The van der Waals surface area contributed by atoms with Gasteiger partial charge >= 0.3 is 0 Å². The molecule has 2 nitrogen and oxygen atoms in total. The zero-order valence-corrected chi connectivity index (χ0v) is 28.5. The van der Waals surface area contributed by atoms with Crippen LogP contribution in [-0.2, 0) is 5.41 Å². The van der Waals surface area contributed by atoms with Crippen molar-refractivity contribution in [2.24, 2.45) is 17.8 Å². The van der Waals surface area contributed by atoms with Crippen LogP contribution in [0.5, 0.6) is 0 Å². The molecule has 1 heterocycles. The van der Waals surface area contributed by atoms with Gasteiger partial charge in [-0.1, -0.05) is 78.9 Å². The van der Waals surface area contributed by atoms with E-state index in [1.165, 1.54) is 70.1 Å². The number of thiophene rings is 1. The van der Waals surface area contributed by atoms with Gasteiger partial charge in [0.1, 0.15) is 0 Å². The van der Waals surface area contributed by atoms with E-state index >= 15 is 0 Å². The number of rotatable bonds is 7. The molecule has 11 rings (SSSR count). The van der Waals surface area contributed by atoms with E-state index < -0.39 is 0 Å². The van der Waals surface area contributed by atoms with Gasteiger partial charge in [0.25, 0.3) is 0 Å². The van der Waals surface area contributed by atoms with E-state index in [1.807, 2.05) is 11.3 Å².